The predicted octanol–water partition coefficient (Wildman–Crippen LogP) is 3.48. The monoisotopic (exact) mass is 493 g/mol. The molecule has 0 atom stereocenters. The Morgan fingerprint density at radius 1 is 1.33 bits per heavy atom. The molecule has 0 saturated carbocycles. The highest BCUT2D eigenvalue weighted by molar-refractivity contribution is 14.1. The van der Waals surface area contributed by atoms with Crippen molar-refractivity contribution in [3.63, 3.8) is 0 Å². The maximum absolute atomic E-state index is 4.46. The highest BCUT2D eigenvalue weighted by Crippen LogP contribution is 2.18. The summed E-state index contributed by atoms with van der Waals surface area (Å²) in [4.78, 5) is 5.89. The van der Waals surface area contributed by atoms with Crippen LogP contribution >= 0.6 is 57.9 Å². The summed E-state index contributed by atoms with van der Waals surface area (Å²) in [5.41, 5.74) is 0. The summed E-state index contributed by atoms with van der Waals surface area (Å²) in [7, 11) is 0. The SMILES string of the molecule is CCCN=C(NCC)NCCc1ccc(I)s1.I. The zero-order chi connectivity index (χ0) is 12.5. The van der Waals surface area contributed by atoms with Gasteiger partial charge in [0.25, 0.3) is 0 Å². The summed E-state index contributed by atoms with van der Waals surface area (Å²) >= 11 is 4.22. The molecule has 1 rings (SSSR count). The molecule has 0 radical (unpaired) electrons. The number of aliphatic imine (C=N–C) groups is 1. The second-order valence-electron chi connectivity index (χ2n) is 3.64. The molecule has 0 unspecified atom stereocenters. The van der Waals surface area contributed by atoms with Crippen molar-refractivity contribution < 1.29 is 0 Å². The van der Waals surface area contributed by atoms with Gasteiger partial charge in [0.2, 0.25) is 0 Å². The van der Waals surface area contributed by atoms with Gasteiger partial charge in [0, 0.05) is 24.5 Å². The van der Waals surface area contributed by atoms with E-state index in [1.807, 2.05) is 11.3 Å². The van der Waals surface area contributed by atoms with Crippen molar-refractivity contribution in [3.05, 3.63) is 19.9 Å². The number of guanidine groups is 1. The van der Waals surface area contributed by atoms with E-state index in [0.717, 1.165) is 38.4 Å². The van der Waals surface area contributed by atoms with Gasteiger partial charge in [-0.2, -0.15) is 0 Å². The molecule has 104 valence electrons. The Hall–Kier alpha value is 0.430. The Balaban J connectivity index is 0.00000289. The summed E-state index contributed by atoms with van der Waals surface area (Å²) in [6, 6.07) is 4.36. The highest BCUT2D eigenvalue weighted by atomic mass is 127. The molecule has 0 bridgehead atoms. The lowest BCUT2D eigenvalue weighted by atomic mass is 10.3. The van der Waals surface area contributed by atoms with Gasteiger partial charge in [-0.3, -0.25) is 4.99 Å². The molecule has 6 heteroatoms. The second-order valence-corrected chi connectivity index (χ2v) is 6.71. The first-order valence-electron chi connectivity index (χ1n) is 6.02. The molecule has 0 aliphatic rings. The number of rotatable bonds is 6. The average molecular weight is 493 g/mol. The van der Waals surface area contributed by atoms with Gasteiger partial charge in [-0.15, -0.1) is 35.3 Å². The Labute approximate surface area is 144 Å². The van der Waals surface area contributed by atoms with Gasteiger partial charge in [-0.25, -0.2) is 0 Å². The molecule has 1 heterocycles. The van der Waals surface area contributed by atoms with Crippen molar-refractivity contribution in [1.82, 2.24) is 10.6 Å². The van der Waals surface area contributed by atoms with Crippen LogP contribution in [0.15, 0.2) is 17.1 Å². The molecule has 0 fully saturated rings. The molecule has 0 spiro atoms. The maximum Gasteiger partial charge on any atom is 0.191 e. The van der Waals surface area contributed by atoms with Crippen LogP contribution in [0.4, 0.5) is 0 Å². The largest absolute Gasteiger partial charge is 0.357 e. The summed E-state index contributed by atoms with van der Waals surface area (Å²) in [5, 5.41) is 6.61. The summed E-state index contributed by atoms with van der Waals surface area (Å²) in [6.07, 6.45) is 2.14. The van der Waals surface area contributed by atoms with Crippen molar-refractivity contribution in [1.29, 1.82) is 0 Å². The number of hydrogen-bond acceptors (Lipinski definition) is 2. The molecule has 0 aliphatic carbocycles. The van der Waals surface area contributed by atoms with Crippen LogP contribution in [-0.4, -0.2) is 25.6 Å². The summed E-state index contributed by atoms with van der Waals surface area (Å²) in [6.45, 7) is 6.95. The highest BCUT2D eigenvalue weighted by Gasteiger charge is 1.99. The van der Waals surface area contributed by atoms with E-state index in [0.29, 0.717) is 0 Å². The lowest BCUT2D eigenvalue weighted by molar-refractivity contribution is 0.798. The Morgan fingerprint density at radius 3 is 2.67 bits per heavy atom. The molecule has 3 nitrogen and oxygen atoms in total. The number of hydrogen-bond donors (Lipinski definition) is 2. The standard InChI is InChI=1S/C12H20IN3S.HI/c1-3-8-15-12(14-4-2)16-9-7-10-5-6-11(13)17-10;/h5-6H,3-4,7-9H2,1-2H3,(H2,14,15,16);1H. The van der Waals surface area contributed by atoms with E-state index < -0.39 is 0 Å². The van der Waals surface area contributed by atoms with Gasteiger partial charge in [0.05, 0.1) is 2.88 Å². The quantitative estimate of drug-likeness (QED) is 0.362. The van der Waals surface area contributed by atoms with Crippen molar-refractivity contribution in [2.75, 3.05) is 19.6 Å². The van der Waals surface area contributed by atoms with Crippen LogP contribution < -0.4 is 10.6 Å². The smallest absolute Gasteiger partial charge is 0.191 e. The third-order valence-electron chi connectivity index (χ3n) is 2.13. The van der Waals surface area contributed by atoms with E-state index in [1.54, 1.807) is 0 Å². The minimum absolute atomic E-state index is 0. The number of nitrogens with zero attached hydrogens (tertiary/aromatic N) is 1. The van der Waals surface area contributed by atoms with Crippen molar-refractivity contribution in [3.8, 4) is 0 Å². The Kier molecular flexibility index (Phi) is 11.5. The van der Waals surface area contributed by atoms with Crippen molar-refractivity contribution >= 4 is 63.9 Å². The van der Waals surface area contributed by atoms with Gasteiger partial charge in [0.1, 0.15) is 0 Å². The van der Waals surface area contributed by atoms with Crippen molar-refractivity contribution in [2.45, 2.75) is 26.7 Å². The fraction of sp³-hybridized carbons (Fsp3) is 0.583. The van der Waals surface area contributed by atoms with Crippen molar-refractivity contribution in [2.24, 2.45) is 4.99 Å². The molecule has 1 aromatic heterocycles. The molecule has 0 amide bonds. The molecule has 2 N–H and O–H groups in total. The molecule has 0 aliphatic heterocycles. The van der Waals surface area contributed by atoms with Crippen LogP contribution in [0.5, 0.6) is 0 Å². The van der Waals surface area contributed by atoms with Crippen LogP contribution in [-0.2, 0) is 6.42 Å². The molecule has 18 heavy (non-hydrogen) atoms. The number of halogens is 2. The van der Waals surface area contributed by atoms with Gasteiger partial charge in [0.15, 0.2) is 5.96 Å². The fourth-order valence-corrected chi connectivity index (χ4v) is 3.11. The zero-order valence-corrected chi connectivity index (χ0v) is 16.1. The summed E-state index contributed by atoms with van der Waals surface area (Å²) < 4.78 is 1.35. The third kappa shape index (κ3) is 7.78. The van der Waals surface area contributed by atoms with Crippen LogP contribution in [0.1, 0.15) is 25.1 Å². The van der Waals surface area contributed by atoms with Crippen LogP contribution in [0, 0.1) is 2.88 Å². The Morgan fingerprint density at radius 2 is 2.11 bits per heavy atom. The zero-order valence-electron chi connectivity index (χ0n) is 10.8. The van der Waals surface area contributed by atoms with E-state index >= 15 is 0 Å². The topological polar surface area (TPSA) is 36.4 Å². The van der Waals surface area contributed by atoms with Gasteiger partial charge >= 0.3 is 0 Å². The van der Waals surface area contributed by atoms with E-state index in [4.69, 9.17) is 0 Å². The fourth-order valence-electron chi connectivity index (χ4n) is 1.36. The van der Waals surface area contributed by atoms with E-state index in [-0.39, 0.29) is 24.0 Å². The van der Waals surface area contributed by atoms with E-state index in [9.17, 15) is 0 Å². The number of nitrogens with one attached hydrogen (secondary N) is 2. The van der Waals surface area contributed by atoms with Gasteiger partial charge in [-0.1, -0.05) is 6.92 Å². The van der Waals surface area contributed by atoms with Crippen LogP contribution in [0.3, 0.4) is 0 Å². The van der Waals surface area contributed by atoms with E-state index in [2.05, 4.69) is 64.2 Å². The lowest BCUT2D eigenvalue weighted by Crippen LogP contribution is -2.38. The average Bonchev–Trinajstić information content (AvgIpc) is 2.72. The lowest BCUT2D eigenvalue weighted by Gasteiger charge is -2.10. The third-order valence-corrected chi connectivity index (χ3v) is 4.08. The predicted molar refractivity (Wildman–Crippen MR) is 100 cm³/mol. The van der Waals surface area contributed by atoms with Crippen LogP contribution in [0.25, 0.3) is 0 Å². The van der Waals surface area contributed by atoms with E-state index in [1.165, 1.54) is 7.76 Å². The normalized spacial score (nSPS) is 10.9. The first kappa shape index (κ1) is 18.4. The molecule has 1 aromatic rings. The molecular formula is C12H21I2N3S. The first-order chi connectivity index (χ1) is 8.26. The molecule has 0 aromatic carbocycles. The number of thiophene rings is 1. The Bertz CT molecular complexity index is 353. The minimum atomic E-state index is 0. The molecule has 0 saturated heterocycles. The minimum Gasteiger partial charge on any atom is -0.357 e. The van der Waals surface area contributed by atoms with Gasteiger partial charge < -0.3 is 10.6 Å². The maximum atomic E-state index is 4.46. The second kappa shape index (κ2) is 11.3. The summed E-state index contributed by atoms with van der Waals surface area (Å²) in [5.74, 6) is 0.931. The first-order valence-corrected chi connectivity index (χ1v) is 7.92. The van der Waals surface area contributed by atoms with Crippen LogP contribution in [0.2, 0.25) is 0 Å². The van der Waals surface area contributed by atoms with Gasteiger partial charge in [-0.05, 0) is 54.5 Å². The molecular weight excluding hydrogens is 472 g/mol.